The van der Waals surface area contributed by atoms with Crippen molar-refractivity contribution in [3.63, 3.8) is 0 Å². The molecular weight excluding hydrogens is 420 g/mol. The molecule has 2 N–H and O–H groups in total. The van der Waals surface area contributed by atoms with Gasteiger partial charge in [0.05, 0.1) is 10.9 Å². The van der Waals surface area contributed by atoms with E-state index in [1.807, 2.05) is 30.3 Å². The molecule has 0 saturated carbocycles. The molecule has 0 atom stereocenters. The second-order valence-electron chi connectivity index (χ2n) is 5.66. The fraction of sp³-hybridized carbons (Fsp3) is 0.105. The number of hydrogen-bond acceptors (Lipinski definition) is 5. The van der Waals surface area contributed by atoms with Crippen molar-refractivity contribution in [1.82, 2.24) is 5.32 Å². The van der Waals surface area contributed by atoms with E-state index in [9.17, 15) is 13.2 Å². The summed E-state index contributed by atoms with van der Waals surface area (Å²) in [6.45, 7) is 0.693. The summed E-state index contributed by atoms with van der Waals surface area (Å²) >= 11 is 6.76. The molecular formula is C19H17ClN2O4S2. The molecule has 0 aliphatic rings. The van der Waals surface area contributed by atoms with Gasteiger partial charge in [0.2, 0.25) is 0 Å². The highest BCUT2D eigenvalue weighted by Crippen LogP contribution is 2.27. The third-order valence-electron chi connectivity index (χ3n) is 3.61. The van der Waals surface area contributed by atoms with Gasteiger partial charge < -0.3 is 10.1 Å². The summed E-state index contributed by atoms with van der Waals surface area (Å²) in [4.78, 5) is 12.2. The number of sulfonamides is 1. The molecule has 1 aromatic heterocycles. The van der Waals surface area contributed by atoms with Crippen LogP contribution in [0.15, 0.2) is 70.9 Å². The van der Waals surface area contributed by atoms with Crippen molar-refractivity contribution in [2.75, 3.05) is 17.9 Å². The molecule has 0 aliphatic heterocycles. The van der Waals surface area contributed by atoms with Crippen LogP contribution in [0.4, 0.5) is 5.69 Å². The van der Waals surface area contributed by atoms with E-state index in [-0.39, 0.29) is 10.1 Å². The van der Waals surface area contributed by atoms with E-state index in [0.717, 1.165) is 17.1 Å². The maximum Gasteiger partial charge on any atom is 0.271 e. The van der Waals surface area contributed by atoms with Gasteiger partial charge in [-0.15, -0.1) is 11.3 Å². The van der Waals surface area contributed by atoms with Crippen LogP contribution in [-0.2, 0) is 10.0 Å². The van der Waals surface area contributed by atoms with Gasteiger partial charge in [0.1, 0.15) is 16.6 Å². The minimum Gasteiger partial charge on any atom is -0.492 e. The van der Waals surface area contributed by atoms with Crippen molar-refractivity contribution in [3.8, 4) is 5.75 Å². The normalized spacial score (nSPS) is 11.0. The van der Waals surface area contributed by atoms with E-state index in [2.05, 4.69) is 10.0 Å². The minimum absolute atomic E-state index is 0.123. The van der Waals surface area contributed by atoms with Crippen molar-refractivity contribution in [2.24, 2.45) is 0 Å². The van der Waals surface area contributed by atoms with E-state index >= 15 is 0 Å². The van der Waals surface area contributed by atoms with Crippen LogP contribution >= 0.6 is 22.9 Å². The molecule has 1 amide bonds. The number of para-hydroxylation sites is 1. The summed E-state index contributed by atoms with van der Waals surface area (Å²) in [5, 5.41) is 2.75. The molecule has 3 rings (SSSR count). The molecule has 0 spiro atoms. The first kappa shape index (κ1) is 20.2. The quantitative estimate of drug-likeness (QED) is 0.522. The Labute approximate surface area is 172 Å². The Balaban J connectivity index is 1.51. The van der Waals surface area contributed by atoms with Crippen LogP contribution < -0.4 is 14.8 Å². The Morgan fingerprint density at radius 2 is 1.71 bits per heavy atom. The number of carbonyl (C=O) groups is 1. The summed E-state index contributed by atoms with van der Waals surface area (Å²) in [6.07, 6.45) is 0. The first-order valence-corrected chi connectivity index (χ1v) is 11.0. The molecule has 3 aromatic rings. The number of amides is 1. The number of anilines is 1. The molecule has 0 unspecified atom stereocenters. The summed E-state index contributed by atoms with van der Waals surface area (Å²) < 4.78 is 33.0. The SMILES string of the molecule is O=C(NCCOc1ccccc1)c1ccc(NS(=O)(=O)c2ccc(Cl)s2)cc1. The third kappa shape index (κ3) is 5.48. The second kappa shape index (κ2) is 9.09. The topological polar surface area (TPSA) is 84.5 Å². The Bertz CT molecular complexity index is 1040. The molecule has 0 bridgehead atoms. The lowest BCUT2D eigenvalue weighted by Crippen LogP contribution is -2.28. The summed E-state index contributed by atoms with van der Waals surface area (Å²) in [5.41, 5.74) is 0.773. The van der Waals surface area contributed by atoms with Crippen molar-refractivity contribution in [2.45, 2.75) is 4.21 Å². The zero-order valence-electron chi connectivity index (χ0n) is 14.6. The molecule has 28 heavy (non-hydrogen) atoms. The van der Waals surface area contributed by atoms with Crippen LogP contribution in [-0.4, -0.2) is 27.5 Å². The largest absolute Gasteiger partial charge is 0.492 e. The van der Waals surface area contributed by atoms with Gasteiger partial charge in [-0.25, -0.2) is 8.42 Å². The Morgan fingerprint density at radius 1 is 1.00 bits per heavy atom. The first-order valence-electron chi connectivity index (χ1n) is 8.28. The molecule has 2 aromatic carbocycles. The highest BCUT2D eigenvalue weighted by Gasteiger charge is 2.17. The minimum atomic E-state index is -3.70. The summed E-state index contributed by atoms with van der Waals surface area (Å²) in [5.74, 6) is 0.469. The number of thiophene rings is 1. The predicted molar refractivity (Wildman–Crippen MR) is 111 cm³/mol. The highest BCUT2D eigenvalue weighted by atomic mass is 35.5. The first-order chi connectivity index (χ1) is 13.4. The average Bonchev–Trinajstić information content (AvgIpc) is 3.14. The van der Waals surface area contributed by atoms with Gasteiger partial charge in [-0.05, 0) is 48.5 Å². The fourth-order valence-electron chi connectivity index (χ4n) is 2.29. The molecule has 9 heteroatoms. The fourth-order valence-corrected chi connectivity index (χ4v) is 4.83. The predicted octanol–water partition coefficient (Wildman–Crippen LogP) is 4.01. The lowest BCUT2D eigenvalue weighted by molar-refractivity contribution is 0.0947. The van der Waals surface area contributed by atoms with E-state index in [0.29, 0.717) is 28.7 Å². The molecule has 6 nitrogen and oxygen atoms in total. The average molecular weight is 437 g/mol. The van der Waals surface area contributed by atoms with Gasteiger partial charge in [-0.1, -0.05) is 29.8 Å². The van der Waals surface area contributed by atoms with Crippen molar-refractivity contribution < 1.29 is 17.9 Å². The zero-order chi connectivity index (χ0) is 20.0. The molecule has 1 heterocycles. The third-order valence-corrected chi connectivity index (χ3v) is 6.72. The molecule has 146 valence electrons. The van der Waals surface area contributed by atoms with Gasteiger partial charge in [0.15, 0.2) is 0 Å². The number of ether oxygens (including phenoxy) is 1. The smallest absolute Gasteiger partial charge is 0.271 e. The van der Waals surface area contributed by atoms with Crippen LogP contribution in [0.5, 0.6) is 5.75 Å². The Kier molecular flexibility index (Phi) is 6.56. The van der Waals surface area contributed by atoms with Crippen LogP contribution in [0.25, 0.3) is 0 Å². The van der Waals surface area contributed by atoms with E-state index in [1.54, 1.807) is 12.1 Å². The number of nitrogens with one attached hydrogen (secondary N) is 2. The van der Waals surface area contributed by atoms with E-state index < -0.39 is 10.0 Å². The van der Waals surface area contributed by atoms with Crippen LogP contribution in [0, 0.1) is 0 Å². The molecule has 0 radical (unpaired) electrons. The maximum atomic E-state index is 12.3. The Morgan fingerprint density at radius 3 is 2.36 bits per heavy atom. The monoisotopic (exact) mass is 436 g/mol. The second-order valence-corrected chi connectivity index (χ2v) is 9.28. The lowest BCUT2D eigenvalue weighted by atomic mass is 10.2. The van der Waals surface area contributed by atoms with Crippen LogP contribution in [0.1, 0.15) is 10.4 Å². The number of halogens is 1. The van der Waals surface area contributed by atoms with E-state index in [1.165, 1.54) is 24.3 Å². The van der Waals surface area contributed by atoms with E-state index in [4.69, 9.17) is 16.3 Å². The van der Waals surface area contributed by atoms with Crippen LogP contribution in [0.3, 0.4) is 0 Å². The lowest BCUT2D eigenvalue weighted by Gasteiger charge is -2.09. The standard InChI is InChI=1S/C19H17ClN2O4S2/c20-17-10-11-18(27-17)28(24,25)22-15-8-6-14(7-9-15)19(23)21-12-13-26-16-4-2-1-3-5-16/h1-11,22H,12-13H2,(H,21,23). The van der Waals surface area contributed by atoms with Crippen molar-refractivity contribution in [1.29, 1.82) is 0 Å². The van der Waals surface area contributed by atoms with Gasteiger partial charge >= 0.3 is 0 Å². The van der Waals surface area contributed by atoms with Gasteiger partial charge in [0, 0.05) is 11.3 Å². The summed E-state index contributed by atoms with van der Waals surface area (Å²) in [6, 6.07) is 18.4. The summed E-state index contributed by atoms with van der Waals surface area (Å²) in [7, 11) is -3.70. The highest BCUT2D eigenvalue weighted by molar-refractivity contribution is 7.94. The number of benzene rings is 2. The number of carbonyl (C=O) groups excluding carboxylic acids is 1. The van der Waals surface area contributed by atoms with Crippen molar-refractivity contribution >= 4 is 44.6 Å². The van der Waals surface area contributed by atoms with Gasteiger partial charge in [-0.3, -0.25) is 9.52 Å². The van der Waals surface area contributed by atoms with Crippen LogP contribution in [0.2, 0.25) is 4.34 Å². The molecule has 0 aliphatic carbocycles. The maximum absolute atomic E-state index is 12.3. The van der Waals surface area contributed by atoms with Crippen molar-refractivity contribution in [3.05, 3.63) is 76.6 Å². The number of rotatable bonds is 8. The molecule has 0 fully saturated rings. The molecule has 0 saturated heterocycles. The zero-order valence-corrected chi connectivity index (χ0v) is 17.0. The van der Waals surface area contributed by atoms with Gasteiger partial charge in [-0.2, -0.15) is 0 Å². The number of hydrogen-bond donors (Lipinski definition) is 2. The van der Waals surface area contributed by atoms with Gasteiger partial charge in [0.25, 0.3) is 15.9 Å². The Hall–Kier alpha value is -2.55.